The van der Waals surface area contributed by atoms with Gasteiger partial charge in [0.2, 0.25) is 0 Å². The Morgan fingerprint density at radius 3 is 2.57 bits per heavy atom. The van der Waals surface area contributed by atoms with E-state index < -0.39 is 5.97 Å². The van der Waals surface area contributed by atoms with Crippen LogP contribution in [0.4, 0.5) is 11.5 Å². The monoisotopic (exact) mass is 317 g/mol. The van der Waals surface area contributed by atoms with E-state index in [1.54, 1.807) is 19.1 Å². The van der Waals surface area contributed by atoms with Gasteiger partial charge in [0, 0.05) is 25.3 Å². The van der Waals surface area contributed by atoms with Crippen LogP contribution in [0.5, 0.6) is 0 Å². The third-order valence-electron chi connectivity index (χ3n) is 3.00. The van der Waals surface area contributed by atoms with Crippen LogP contribution in [-0.4, -0.2) is 47.6 Å². The van der Waals surface area contributed by atoms with Crippen LogP contribution >= 0.6 is 0 Å². The summed E-state index contributed by atoms with van der Waals surface area (Å²) >= 11 is 0. The molecule has 0 spiro atoms. The van der Waals surface area contributed by atoms with Crippen LogP contribution in [0.3, 0.4) is 0 Å². The molecule has 0 aliphatic heterocycles. The number of nitrogens with one attached hydrogen (secondary N) is 1. The number of carbonyl (C=O) groups is 2. The summed E-state index contributed by atoms with van der Waals surface area (Å²) in [5.41, 5.74) is 1.51. The van der Waals surface area contributed by atoms with E-state index in [9.17, 15) is 9.59 Å². The summed E-state index contributed by atoms with van der Waals surface area (Å²) in [5, 5.41) is 10.5. The number of ether oxygens (including phenoxy) is 1. The van der Waals surface area contributed by atoms with Gasteiger partial charge in [-0.15, -0.1) is 5.10 Å². The minimum absolute atomic E-state index is 0.0960. The fraction of sp³-hybridized carbons (Fsp3) is 0.333. The number of aromatic nitrogens is 3. The van der Waals surface area contributed by atoms with Crippen molar-refractivity contribution in [1.29, 1.82) is 0 Å². The summed E-state index contributed by atoms with van der Waals surface area (Å²) in [6.07, 6.45) is 1.38. The Labute approximate surface area is 134 Å². The molecule has 0 radical (unpaired) electrons. The Balaban J connectivity index is 1.97. The van der Waals surface area contributed by atoms with E-state index in [-0.39, 0.29) is 18.3 Å². The molecule has 0 saturated carbocycles. The molecule has 1 N–H and O–H groups in total. The zero-order valence-corrected chi connectivity index (χ0v) is 13.3. The first-order chi connectivity index (χ1) is 11.0. The fourth-order valence-electron chi connectivity index (χ4n) is 1.85. The van der Waals surface area contributed by atoms with Gasteiger partial charge in [-0.05, 0) is 31.2 Å². The molecular formula is C15H19N5O3. The highest BCUT2D eigenvalue weighted by molar-refractivity contribution is 6.03. The zero-order chi connectivity index (χ0) is 16.8. The first-order valence-electron chi connectivity index (χ1n) is 7.14. The molecule has 0 aliphatic carbocycles. The highest BCUT2D eigenvalue weighted by Gasteiger charge is 2.11. The van der Waals surface area contributed by atoms with Gasteiger partial charge in [0.15, 0.2) is 12.4 Å². The van der Waals surface area contributed by atoms with Gasteiger partial charge in [-0.25, -0.2) is 4.79 Å². The zero-order valence-electron chi connectivity index (χ0n) is 13.3. The molecular weight excluding hydrogens is 298 g/mol. The number of anilines is 2. The minimum atomic E-state index is -0.430. The summed E-state index contributed by atoms with van der Waals surface area (Å²) < 4.78 is 4.80. The summed E-state index contributed by atoms with van der Waals surface area (Å²) in [4.78, 5) is 26.6. The Bertz CT molecular complexity index is 679. The third-order valence-corrected chi connectivity index (χ3v) is 3.00. The van der Waals surface area contributed by atoms with Gasteiger partial charge in [-0.3, -0.25) is 4.79 Å². The molecule has 0 fully saturated rings. The van der Waals surface area contributed by atoms with Gasteiger partial charge in [-0.2, -0.15) is 9.90 Å². The molecule has 0 bridgehead atoms. The smallest absolute Gasteiger partial charge is 0.329 e. The van der Waals surface area contributed by atoms with E-state index in [0.29, 0.717) is 12.2 Å². The molecule has 0 unspecified atom stereocenters. The van der Waals surface area contributed by atoms with E-state index >= 15 is 0 Å². The average Bonchev–Trinajstić information content (AvgIpc) is 2.94. The molecule has 1 amide bonds. The van der Waals surface area contributed by atoms with Gasteiger partial charge in [-0.1, -0.05) is 0 Å². The van der Waals surface area contributed by atoms with Crippen molar-refractivity contribution in [3.05, 3.63) is 36.0 Å². The SMILES string of the molecule is CCOC(=O)Cn1ncc(NC(=O)c2ccc(N(C)C)cc2)n1. The van der Waals surface area contributed by atoms with Crippen molar-refractivity contribution in [2.45, 2.75) is 13.5 Å². The van der Waals surface area contributed by atoms with Crippen LogP contribution in [0.15, 0.2) is 30.5 Å². The number of hydrogen-bond donors (Lipinski definition) is 1. The summed E-state index contributed by atoms with van der Waals surface area (Å²) in [5.74, 6) is -0.449. The maximum Gasteiger partial charge on any atom is 0.329 e. The second-order valence-corrected chi connectivity index (χ2v) is 4.96. The Kier molecular flexibility index (Phi) is 5.29. The number of rotatable bonds is 6. The largest absolute Gasteiger partial charge is 0.465 e. The second-order valence-electron chi connectivity index (χ2n) is 4.96. The number of carbonyl (C=O) groups excluding carboxylic acids is 2. The summed E-state index contributed by atoms with van der Waals surface area (Å²) in [6, 6.07) is 7.17. The maximum absolute atomic E-state index is 12.1. The number of benzene rings is 1. The number of amides is 1. The van der Waals surface area contributed by atoms with Crippen molar-refractivity contribution < 1.29 is 14.3 Å². The average molecular weight is 317 g/mol. The van der Waals surface area contributed by atoms with Crippen LogP contribution in [-0.2, 0) is 16.1 Å². The Morgan fingerprint density at radius 1 is 1.26 bits per heavy atom. The molecule has 23 heavy (non-hydrogen) atoms. The standard InChI is InChI=1S/C15H19N5O3/c1-4-23-14(21)10-20-16-9-13(18-20)17-15(22)11-5-7-12(8-6-11)19(2)3/h5-9H,4,10H2,1-3H3,(H,17,18,22). The highest BCUT2D eigenvalue weighted by Crippen LogP contribution is 2.13. The molecule has 8 nitrogen and oxygen atoms in total. The molecule has 1 aromatic carbocycles. The van der Waals surface area contributed by atoms with Crippen molar-refractivity contribution in [2.75, 3.05) is 30.9 Å². The van der Waals surface area contributed by atoms with E-state index in [1.807, 2.05) is 31.1 Å². The fourth-order valence-corrected chi connectivity index (χ4v) is 1.85. The minimum Gasteiger partial charge on any atom is -0.465 e. The lowest BCUT2D eigenvalue weighted by Crippen LogP contribution is -2.16. The first-order valence-corrected chi connectivity index (χ1v) is 7.14. The quantitative estimate of drug-likeness (QED) is 0.804. The molecule has 0 atom stereocenters. The topological polar surface area (TPSA) is 89.3 Å². The molecule has 0 aliphatic rings. The molecule has 2 aromatic rings. The lowest BCUT2D eigenvalue weighted by molar-refractivity contribution is -0.144. The van der Waals surface area contributed by atoms with Gasteiger partial charge in [0.1, 0.15) is 0 Å². The summed E-state index contributed by atoms with van der Waals surface area (Å²) in [7, 11) is 3.86. The molecule has 2 rings (SSSR count). The van der Waals surface area contributed by atoms with Crippen molar-refractivity contribution >= 4 is 23.4 Å². The van der Waals surface area contributed by atoms with Gasteiger partial charge < -0.3 is 15.0 Å². The predicted molar refractivity (Wildman–Crippen MR) is 85.4 cm³/mol. The lowest BCUT2D eigenvalue weighted by atomic mass is 10.2. The van der Waals surface area contributed by atoms with Crippen molar-refractivity contribution in [3.8, 4) is 0 Å². The van der Waals surface area contributed by atoms with Crippen molar-refractivity contribution in [3.63, 3.8) is 0 Å². The lowest BCUT2D eigenvalue weighted by Gasteiger charge is -2.12. The number of esters is 1. The Morgan fingerprint density at radius 2 is 1.96 bits per heavy atom. The second kappa shape index (κ2) is 7.39. The van der Waals surface area contributed by atoms with E-state index in [1.165, 1.54) is 11.0 Å². The van der Waals surface area contributed by atoms with Gasteiger partial charge >= 0.3 is 5.97 Å². The maximum atomic E-state index is 12.1. The Hall–Kier alpha value is -2.90. The number of hydrogen-bond acceptors (Lipinski definition) is 6. The van der Waals surface area contributed by atoms with E-state index in [0.717, 1.165) is 5.69 Å². The van der Waals surface area contributed by atoms with Gasteiger partial charge in [0.25, 0.3) is 5.91 Å². The van der Waals surface area contributed by atoms with Crippen LogP contribution < -0.4 is 10.2 Å². The van der Waals surface area contributed by atoms with Crippen molar-refractivity contribution in [1.82, 2.24) is 15.0 Å². The molecule has 8 heteroatoms. The first kappa shape index (κ1) is 16.5. The van der Waals surface area contributed by atoms with E-state index in [2.05, 4.69) is 15.5 Å². The highest BCUT2D eigenvalue weighted by atomic mass is 16.5. The van der Waals surface area contributed by atoms with Crippen LogP contribution in [0.1, 0.15) is 17.3 Å². The van der Waals surface area contributed by atoms with Crippen LogP contribution in [0, 0.1) is 0 Å². The predicted octanol–water partition coefficient (Wildman–Crippen LogP) is 1.16. The molecule has 1 aromatic heterocycles. The van der Waals surface area contributed by atoms with Crippen LogP contribution in [0.25, 0.3) is 0 Å². The molecule has 122 valence electrons. The molecule has 0 saturated heterocycles. The van der Waals surface area contributed by atoms with Crippen molar-refractivity contribution in [2.24, 2.45) is 0 Å². The van der Waals surface area contributed by atoms with Crippen LogP contribution in [0.2, 0.25) is 0 Å². The summed E-state index contributed by atoms with van der Waals surface area (Å²) in [6.45, 7) is 1.93. The number of nitrogens with zero attached hydrogens (tertiary/aromatic N) is 4. The third kappa shape index (κ3) is 4.53. The van der Waals surface area contributed by atoms with E-state index in [4.69, 9.17) is 4.74 Å². The molecule has 1 heterocycles. The normalized spacial score (nSPS) is 10.2. The van der Waals surface area contributed by atoms with Gasteiger partial charge in [0.05, 0.1) is 12.8 Å².